The molecule has 1 heterocycles. The van der Waals surface area contributed by atoms with Gasteiger partial charge in [0.25, 0.3) is 0 Å². The molecular formula is C18H17N5O. The Morgan fingerprint density at radius 1 is 1.29 bits per heavy atom. The van der Waals surface area contributed by atoms with E-state index in [9.17, 15) is 4.79 Å². The quantitative estimate of drug-likeness (QED) is 0.774. The second-order valence-corrected chi connectivity index (χ2v) is 5.66. The topological polar surface area (TPSA) is 84.8 Å². The van der Waals surface area contributed by atoms with Crippen LogP contribution in [0.5, 0.6) is 0 Å². The van der Waals surface area contributed by atoms with Crippen LogP contribution in [0.25, 0.3) is 11.0 Å². The number of amides is 1. The number of nitriles is 1. The van der Waals surface area contributed by atoms with Gasteiger partial charge < -0.3 is 15.2 Å². The van der Waals surface area contributed by atoms with Crippen LogP contribution in [0.1, 0.15) is 11.4 Å². The highest BCUT2D eigenvalue weighted by atomic mass is 16.1. The fourth-order valence-corrected chi connectivity index (χ4v) is 2.45. The van der Waals surface area contributed by atoms with Crippen LogP contribution in [0.4, 0.5) is 11.4 Å². The SMILES string of the molecule is CN(C)c1ccc2nc(CC(=O)Nc3ccccc3C#N)[nH]c2c1. The van der Waals surface area contributed by atoms with Gasteiger partial charge in [0.1, 0.15) is 11.9 Å². The van der Waals surface area contributed by atoms with Gasteiger partial charge in [-0.25, -0.2) is 4.98 Å². The molecule has 0 saturated carbocycles. The molecule has 1 aromatic heterocycles. The Kier molecular flexibility index (Phi) is 4.17. The molecule has 6 heteroatoms. The summed E-state index contributed by atoms with van der Waals surface area (Å²) < 4.78 is 0. The average molecular weight is 319 g/mol. The Morgan fingerprint density at radius 2 is 2.08 bits per heavy atom. The number of benzene rings is 2. The van der Waals surface area contributed by atoms with E-state index in [0.29, 0.717) is 17.1 Å². The standard InChI is InChI=1S/C18H17N5O/c1-23(2)13-7-8-15-16(9-13)21-17(20-15)10-18(24)22-14-6-4-3-5-12(14)11-19/h3-9H,10H2,1-2H3,(H,20,21)(H,22,24). The summed E-state index contributed by atoms with van der Waals surface area (Å²) in [6.45, 7) is 0. The molecule has 0 aliphatic carbocycles. The fraction of sp³-hybridized carbons (Fsp3) is 0.167. The third-order valence-corrected chi connectivity index (χ3v) is 3.68. The average Bonchev–Trinajstić information content (AvgIpc) is 2.96. The number of nitrogens with one attached hydrogen (secondary N) is 2. The van der Waals surface area contributed by atoms with Gasteiger partial charge in [0.15, 0.2) is 0 Å². The molecule has 0 aliphatic heterocycles. The summed E-state index contributed by atoms with van der Waals surface area (Å²) in [5, 5.41) is 11.8. The van der Waals surface area contributed by atoms with E-state index in [-0.39, 0.29) is 12.3 Å². The van der Waals surface area contributed by atoms with E-state index in [1.54, 1.807) is 24.3 Å². The minimum atomic E-state index is -0.218. The lowest BCUT2D eigenvalue weighted by atomic mass is 10.2. The number of fused-ring (bicyclic) bond motifs is 1. The van der Waals surface area contributed by atoms with Gasteiger partial charge in [-0.3, -0.25) is 4.79 Å². The molecule has 2 N–H and O–H groups in total. The van der Waals surface area contributed by atoms with Gasteiger partial charge in [0, 0.05) is 19.8 Å². The summed E-state index contributed by atoms with van der Waals surface area (Å²) in [7, 11) is 3.94. The minimum absolute atomic E-state index is 0.117. The number of para-hydroxylation sites is 1. The first-order valence-electron chi connectivity index (χ1n) is 7.52. The molecule has 1 amide bonds. The van der Waals surface area contributed by atoms with Crippen molar-refractivity contribution in [1.82, 2.24) is 9.97 Å². The highest BCUT2D eigenvalue weighted by Gasteiger charge is 2.11. The molecule has 0 saturated heterocycles. The van der Waals surface area contributed by atoms with Crippen LogP contribution in [0.15, 0.2) is 42.5 Å². The van der Waals surface area contributed by atoms with Gasteiger partial charge in [-0.2, -0.15) is 5.26 Å². The predicted molar refractivity (Wildman–Crippen MR) is 93.9 cm³/mol. The first kappa shape index (κ1) is 15.6. The molecule has 3 rings (SSSR count). The van der Waals surface area contributed by atoms with Crippen LogP contribution in [0.3, 0.4) is 0 Å². The van der Waals surface area contributed by atoms with Gasteiger partial charge in [-0.15, -0.1) is 0 Å². The summed E-state index contributed by atoms with van der Waals surface area (Å²) >= 11 is 0. The maximum atomic E-state index is 12.2. The number of aromatic nitrogens is 2. The van der Waals surface area contributed by atoms with Crippen molar-refractivity contribution in [3.63, 3.8) is 0 Å². The van der Waals surface area contributed by atoms with Gasteiger partial charge in [-0.05, 0) is 30.3 Å². The summed E-state index contributed by atoms with van der Waals surface area (Å²) in [6.07, 6.45) is 0.117. The molecule has 0 unspecified atom stereocenters. The zero-order valence-electron chi connectivity index (χ0n) is 13.5. The summed E-state index contributed by atoms with van der Waals surface area (Å²) in [4.78, 5) is 21.8. The molecule has 2 aromatic carbocycles. The molecule has 0 fully saturated rings. The molecule has 0 radical (unpaired) electrons. The highest BCUT2D eigenvalue weighted by Crippen LogP contribution is 2.19. The number of anilines is 2. The second-order valence-electron chi connectivity index (χ2n) is 5.66. The lowest BCUT2D eigenvalue weighted by Crippen LogP contribution is -2.15. The number of rotatable bonds is 4. The molecule has 120 valence electrons. The maximum Gasteiger partial charge on any atom is 0.231 e. The van der Waals surface area contributed by atoms with Gasteiger partial charge in [0.05, 0.1) is 28.7 Å². The molecule has 0 bridgehead atoms. The number of hydrogen-bond donors (Lipinski definition) is 2. The van der Waals surface area contributed by atoms with Crippen molar-refractivity contribution in [1.29, 1.82) is 5.26 Å². The fourth-order valence-electron chi connectivity index (χ4n) is 2.45. The van der Waals surface area contributed by atoms with Crippen LogP contribution < -0.4 is 10.2 Å². The molecule has 0 spiro atoms. The van der Waals surface area contributed by atoms with Crippen molar-refractivity contribution in [3.05, 3.63) is 53.9 Å². The van der Waals surface area contributed by atoms with Crippen molar-refractivity contribution in [2.75, 3.05) is 24.3 Å². The van der Waals surface area contributed by atoms with Crippen LogP contribution in [-0.4, -0.2) is 30.0 Å². The second kappa shape index (κ2) is 6.42. The van der Waals surface area contributed by atoms with Crippen LogP contribution >= 0.6 is 0 Å². The van der Waals surface area contributed by atoms with Gasteiger partial charge in [-0.1, -0.05) is 12.1 Å². The maximum absolute atomic E-state index is 12.2. The molecule has 0 aliphatic rings. The number of carbonyl (C=O) groups is 1. The van der Waals surface area contributed by atoms with Crippen LogP contribution in [-0.2, 0) is 11.2 Å². The monoisotopic (exact) mass is 319 g/mol. The molecule has 3 aromatic rings. The lowest BCUT2D eigenvalue weighted by Gasteiger charge is -2.11. The Morgan fingerprint density at radius 3 is 2.83 bits per heavy atom. The normalized spacial score (nSPS) is 10.4. The van der Waals surface area contributed by atoms with Crippen molar-refractivity contribution < 1.29 is 4.79 Å². The zero-order valence-corrected chi connectivity index (χ0v) is 13.5. The third-order valence-electron chi connectivity index (χ3n) is 3.68. The number of nitrogens with zero attached hydrogens (tertiary/aromatic N) is 3. The predicted octanol–water partition coefficient (Wildman–Crippen LogP) is 2.68. The van der Waals surface area contributed by atoms with E-state index in [1.807, 2.05) is 37.2 Å². The zero-order chi connectivity index (χ0) is 17.1. The summed E-state index contributed by atoms with van der Waals surface area (Å²) in [5.41, 5.74) is 3.72. The molecule has 0 atom stereocenters. The van der Waals surface area contributed by atoms with E-state index in [2.05, 4.69) is 21.4 Å². The molecule has 6 nitrogen and oxygen atoms in total. The number of imidazole rings is 1. The summed E-state index contributed by atoms with van der Waals surface area (Å²) in [6, 6.07) is 14.9. The Bertz CT molecular complexity index is 936. The van der Waals surface area contributed by atoms with Gasteiger partial charge in [0.2, 0.25) is 5.91 Å². The first-order chi connectivity index (χ1) is 11.6. The minimum Gasteiger partial charge on any atom is -0.378 e. The summed E-state index contributed by atoms with van der Waals surface area (Å²) in [5.74, 6) is 0.373. The lowest BCUT2D eigenvalue weighted by molar-refractivity contribution is -0.115. The van der Waals surface area contributed by atoms with Crippen molar-refractivity contribution in [2.24, 2.45) is 0 Å². The van der Waals surface area contributed by atoms with E-state index in [0.717, 1.165) is 16.7 Å². The largest absolute Gasteiger partial charge is 0.378 e. The van der Waals surface area contributed by atoms with E-state index < -0.39 is 0 Å². The molecule has 24 heavy (non-hydrogen) atoms. The van der Waals surface area contributed by atoms with Crippen molar-refractivity contribution in [3.8, 4) is 6.07 Å². The number of carbonyl (C=O) groups excluding carboxylic acids is 1. The Balaban J connectivity index is 1.77. The van der Waals surface area contributed by atoms with Crippen LogP contribution in [0, 0.1) is 11.3 Å². The van der Waals surface area contributed by atoms with Crippen molar-refractivity contribution in [2.45, 2.75) is 6.42 Å². The van der Waals surface area contributed by atoms with E-state index in [4.69, 9.17) is 5.26 Å². The first-order valence-corrected chi connectivity index (χ1v) is 7.52. The highest BCUT2D eigenvalue weighted by molar-refractivity contribution is 5.93. The number of aromatic amines is 1. The number of hydrogen-bond acceptors (Lipinski definition) is 4. The smallest absolute Gasteiger partial charge is 0.231 e. The third kappa shape index (κ3) is 3.20. The van der Waals surface area contributed by atoms with Crippen molar-refractivity contribution >= 4 is 28.3 Å². The Labute approximate surface area is 139 Å². The van der Waals surface area contributed by atoms with E-state index >= 15 is 0 Å². The number of H-pyrrole nitrogens is 1. The van der Waals surface area contributed by atoms with E-state index in [1.165, 1.54) is 0 Å². The molecular weight excluding hydrogens is 302 g/mol. The Hall–Kier alpha value is -3.33. The van der Waals surface area contributed by atoms with Gasteiger partial charge >= 0.3 is 0 Å². The van der Waals surface area contributed by atoms with Crippen LogP contribution in [0.2, 0.25) is 0 Å².